The van der Waals surface area contributed by atoms with Crippen molar-refractivity contribution >= 4 is 17.2 Å². The van der Waals surface area contributed by atoms with Gasteiger partial charge in [0.05, 0.1) is 6.61 Å². The van der Waals surface area contributed by atoms with Crippen LogP contribution in [-0.2, 0) is 6.42 Å². The third-order valence-electron chi connectivity index (χ3n) is 3.37. The highest BCUT2D eigenvalue weighted by atomic mass is 32.1. The van der Waals surface area contributed by atoms with Crippen LogP contribution < -0.4 is 10.1 Å². The van der Waals surface area contributed by atoms with Crippen molar-refractivity contribution in [1.82, 2.24) is 5.32 Å². The zero-order valence-electron chi connectivity index (χ0n) is 13.0. The van der Waals surface area contributed by atoms with Gasteiger partial charge < -0.3 is 10.1 Å². The van der Waals surface area contributed by atoms with Gasteiger partial charge in [-0.05, 0) is 48.6 Å². The third kappa shape index (κ3) is 5.53. The minimum absolute atomic E-state index is 0.0333. The molecule has 1 heterocycles. The Labute approximate surface area is 136 Å². The lowest BCUT2D eigenvalue weighted by molar-refractivity contribution is 0.0954. The summed E-state index contributed by atoms with van der Waals surface area (Å²) in [7, 11) is 0. The van der Waals surface area contributed by atoms with Crippen molar-refractivity contribution in [2.45, 2.75) is 32.6 Å². The van der Waals surface area contributed by atoms with E-state index in [0.717, 1.165) is 25.2 Å². The second-order valence-electron chi connectivity index (χ2n) is 5.17. The quantitative estimate of drug-likeness (QED) is 0.701. The predicted molar refractivity (Wildman–Crippen MR) is 91.8 cm³/mol. The molecule has 0 fully saturated rings. The van der Waals surface area contributed by atoms with Crippen LogP contribution in [0.3, 0.4) is 0 Å². The number of carbonyl (C=O) groups excluding carboxylic acids is 1. The van der Waals surface area contributed by atoms with E-state index in [-0.39, 0.29) is 5.91 Å². The Bertz CT molecular complexity index is 549. The molecule has 2 rings (SSSR count). The Hall–Kier alpha value is -1.81. The minimum atomic E-state index is -0.0333. The van der Waals surface area contributed by atoms with Crippen LogP contribution in [-0.4, -0.2) is 19.1 Å². The Balaban J connectivity index is 1.73. The van der Waals surface area contributed by atoms with Crippen molar-refractivity contribution in [2.24, 2.45) is 0 Å². The highest BCUT2D eigenvalue weighted by Crippen LogP contribution is 2.13. The Morgan fingerprint density at radius 3 is 2.68 bits per heavy atom. The van der Waals surface area contributed by atoms with Gasteiger partial charge in [-0.2, -0.15) is 0 Å². The molecule has 0 saturated carbocycles. The van der Waals surface area contributed by atoms with Crippen molar-refractivity contribution in [3.8, 4) is 5.75 Å². The summed E-state index contributed by atoms with van der Waals surface area (Å²) in [6.07, 6.45) is 4.32. The van der Waals surface area contributed by atoms with Crippen molar-refractivity contribution in [3.63, 3.8) is 0 Å². The van der Waals surface area contributed by atoms with Gasteiger partial charge in [-0.25, -0.2) is 0 Å². The van der Waals surface area contributed by atoms with Gasteiger partial charge in [0.2, 0.25) is 0 Å². The van der Waals surface area contributed by atoms with E-state index in [1.54, 1.807) is 11.3 Å². The molecule has 3 nitrogen and oxygen atoms in total. The SMILES string of the molecule is CCCCCOc1ccc(C(=O)NCCc2cccs2)cc1. The lowest BCUT2D eigenvalue weighted by Crippen LogP contribution is -2.25. The summed E-state index contributed by atoms with van der Waals surface area (Å²) in [5.74, 6) is 0.792. The van der Waals surface area contributed by atoms with E-state index < -0.39 is 0 Å². The van der Waals surface area contributed by atoms with Crippen molar-refractivity contribution < 1.29 is 9.53 Å². The summed E-state index contributed by atoms with van der Waals surface area (Å²) in [4.78, 5) is 13.3. The van der Waals surface area contributed by atoms with Crippen LogP contribution in [0.25, 0.3) is 0 Å². The molecule has 0 atom stereocenters. The highest BCUT2D eigenvalue weighted by Gasteiger charge is 2.05. The molecular weight excluding hydrogens is 294 g/mol. The zero-order valence-corrected chi connectivity index (χ0v) is 13.8. The van der Waals surface area contributed by atoms with E-state index in [4.69, 9.17) is 4.74 Å². The topological polar surface area (TPSA) is 38.3 Å². The number of amides is 1. The molecule has 0 spiro atoms. The van der Waals surface area contributed by atoms with Crippen LogP contribution in [0.15, 0.2) is 41.8 Å². The molecule has 118 valence electrons. The van der Waals surface area contributed by atoms with Crippen molar-refractivity contribution in [2.75, 3.05) is 13.2 Å². The fraction of sp³-hybridized carbons (Fsp3) is 0.389. The standard InChI is InChI=1S/C18H23NO2S/c1-2-3-4-13-21-16-9-7-15(8-10-16)18(20)19-12-11-17-6-5-14-22-17/h5-10,14H,2-4,11-13H2,1H3,(H,19,20). The molecule has 0 unspecified atom stereocenters. The first kappa shape index (κ1) is 16.6. The van der Waals surface area contributed by atoms with E-state index in [9.17, 15) is 4.79 Å². The third-order valence-corrected chi connectivity index (χ3v) is 4.31. The molecular formula is C18H23NO2S. The Kier molecular flexibility index (Phi) is 6.97. The van der Waals surface area contributed by atoms with Gasteiger partial charge in [-0.15, -0.1) is 11.3 Å². The summed E-state index contributed by atoms with van der Waals surface area (Å²) in [6, 6.07) is 11.5. The minimum Gasteiger partial charge on any atom is -0.494 e. The first-order chi connectivity index (χ1) is 10.8. The molecule has 0 aliphatic carbocycles. The maximum absolute atomic E-state index is 12.0. The smallest absolute Gasteiger partial charge is 0.251 e. The van der Waals surface area contributed by atoms with Gasteiger partial charge in [-0.1, -0.05) is 25.8 Å². The van der Waals surface area contributed by atoms with Crippen LogP contribution in [0.4, 0.5) is 0 Å². The molecule has 0 saturated heterocycles. The number of thiophene rings is 1. The number of benzene rings is 1. The molecule has 0 aliphatic heterocycles. The van der Waals surface area contributed by atoms with Crippen LogP contribution in [0.5, 0.6) is 5.75 Å². The van der Waals surface area contributed by atoms with Crippen molar-refractivity contribution in [1.29, 1.82) is 0 Å². The largest absolute Gasteiger partial charge is 0.494 e. The lowest BCUT2D eigenvalue weighted by Gasteiger charge is -2.07. The first-order valence-electron chi connectivity index (χ1n) is 7.83. The average molecular weight is 317 g/mol. The van der Waals surface area contributed by atoms with Gasteiger partial charge >= 0.3 is 0 Å². The average Bonchev–Trinajstić information content (AvgIpc) is 3.05. The fourth-order valence-electron chi connectivity index (χ4n) is 2.10. The Morgan fingerprint density at radius 1 is 1.18 bits per heavy atom. The number of nitrogens with one attached hydrogen (secondary N) is 1. The summed E-state index contributed by atoms with van der Waals surface area (Å²) in [5, 5.41) is 5.00. The lowest BCUT2D eigenvalue weighted by atomic mass is 10.2. The molecule has 22 heavy (non-hydrogen) atoms. The normalized spacial score (nSPS) is 10.4. The van der Waals surface area contributed by atoms with E-state index in [2.05, 4.69) is 23.7 Å². The van der Waals surface area contributed by atoms with Crippen LogP contribution in [0, 0.1) is 0 Å². The summed E-state index contributed by atoms with van der Waals surface area (Å²) >= 11 is 1.72. The number of ether oxygens (including phenoxy) is 1. The molecule has 0 aliphatic rings. The van der Waals surface area contributed by atoms with Crippen LogP contribution >= 0.6 is 11.3 Å². The monoisotopic (exact) mass is 317 g/mol. The van der Waals surface area contributed by atoms with E-state index in [0.29, 0.717) is 12.1 Å². The number of hydrogen-bond donors (Lipinski definition) is 1. The zero-order chi connectivity index (χ0) is 15.6. The first-order valence-corrected chi connectivity index (χ1v) is 8.71. The second kappa shape index (κ2) is 9.26. The number of carbonyl (C=O) groups is 1. The van der Waals surface area contributed by atoms with Gasteiger partial charge in [0.1, 0.15) is 5.75 Å². The van der Waals surface area contributed by atoms with E-state index in [1.165, 1.54) is 17.7 Å². The van der Waals surface area contributed by atoms with Gasteiger partial charge in [-0.3, -0.25) is 4.79 Å². The Morgan fingerprint density at radius 2 is 2.00 bits per heavy atom. The van der Waals surface area contributed by atoms with Crippen LogP contribution in [0.1, 0.15) is 41.4 Å². The van der Waals surface area contributed by atoms with Gasteiger partial charge in [0, 0.05) is 17.0 Å². The molecule has 1 N–H and O–H groups in total. The number of rotatable bonds is 9. The number of unbranched alkanes of at least 4 members (excludes halogenated alkanes) is 2. The summed E-state index contributed by atoms with van der Waals surface area (Å²) in [6.45, 7) is 3.57. The van der Waals surface area contributed by atoms with Gasteiger partial charge in [0.15, 0.2) is 0 Å². The molecule has 0 bridgehead atoms. The second-order valence-corrected chi connectivity index (χ2v) is 6.20. The summed E-state index contributed by atoms with van der Waals surface area (Å²) in [5.41, 5.74) is 0.673. The summed E-state index contributed by atoms with van der Waals surface area (Å²) < 4.78 is 5.64. The molecule has 4 heteroatoms. The maximum atomic E-state index is 12.0. The molecule has 2 aromatic rings. The van der Waals surface area contributed by atoms with Crippen molar-refractivity contribution in [3.05, 3.63) is 52.2 Å². The molecule has 1 amide bonds. The van der Waals surface area contributed by atoms with E-state index in [1.807, 2.05) is 30.3 Å². The van der Waals surface area contributed by atoms with Crippen LogP contribution in [0.2, 0.25) is 0 Å². The molecule has 1 aromatic heterocycles. The van der Waals surface area contributed by atoms with E-state index >= 15 is 0 Å². The fourth-order valence-corrected chi connectivity index (χ4v) is 2.81. The molecule has 1 aromatic carbocycles. The number of hydrogen-bond acceptors (Lipinski definition) is 3. The molecule has 0 radical (unpaired) electrons. The predicted octanol–water partition coefficient (Wildman–Crippen LogP) is 4.29. The van der Waals surface area contributed by atoms with Gasteiger partial charge in [0.25, 0.3) is 5.91 Å². The highest BCUT2D eigenvalue weighted by molar-refractivity contribution is 7.09. The maximum Gasteiger partial charge on any atom is 0.251 e.